The maximum atomic E-state index is 5.80. The van der Waals surface area contributed by atoms with Gasteiger partial charge in [0.1, 0.15) is 4.60 Å². The van der Waals surface area contributed by atoms with Crippen molar-refractivity contribution >= 4 is 39.9 Å². The molecule has 2 nitrogen and oxygen atoms in total. The van der Waals surface area contributed by atoms with Crippen LogP contribution < -0.4 is 5.73 Å². The summed E-state index contributed by atoms with van der Waals surface area (Å²) in [7, 11) is 0. The number of aromatic nitrogens is 1. The van der Waals surface area contributed by atoms with Gasteiger partial charge in [0.2, 0.25) is 0 Å². The molecule has 62 valence electrons. The highest BCUT2D eigenvalue weighted by molar-refractivity contribution is 9.10. The van der Waals surface area contributed by atoms with E-state index in [0.29, 0.717) is 16.2 Å². The molecule has 5 heteroatoms. The minimum atomic E-state index is 0. The van der Waals surface area contributed by atoms with Gasteiger partial charge in [0.15, 0.2) is 0 Å². The summed E-state index contributed by atoms with van der Waals surface area (Å²) in [4.78, 5) is 3.92. The largest absolute Gasteiger partial charge is 0.326 e. The summed E-state index contributed by atoms with van der Waals surface area (Å²) in [6, 6.07) is 1.80. The van der Waals surface area contributed by atoms with Gasteiger partial charge in [-0.3, -0.25) is 0 Å². The molecule has 0 aromatic carbocycles. The van der Waals surface area contributed by atoms with Crippen LogP contribution in [0.2, 0.25) is 5.02 Å². The van der Waals surface area contributed by atoms with E-state index in [0.717, 1.165) is 5.56 Å². The van der Waals surface area contributed by atoms with Crippen LogP contribution in [0.25, 0.3) is 0 Å². The van der Waals surface area contributed by atoms with Crippen molar-refractivity contribution in [3.63, 3.8) is 0 Å². The Hall–Kier alpha value is 0.170. The molecule has 1 aromatic heterocycles. The molecule has 0 unspecified atom stereocenters. The first-order chi connectivity index (χ1) is 4.75. The molecule has 11 heavy (non-hydrogen) atoms. The second kappa shape index (κ2) is 4.93. The molecule has 0 atom stereocenters. The van der Waals surface area contributed by atoms with Crippen molar-refractivity contribution in [3.8, 4) is 0 Å². The number of halogens is 3. The molecule has 0 bridgehead atoms. The summed E-state index contributed by atoms with van der Waals surface area (Å²) in [5.41, 5.74) is 6.29. The second-order valence-corrected chi connectivity index (χ2v) is 2.91. The third-order valence-corrected chi connectivity index (χ3v) is 2.40. The quantitative estimate of drug-likeness (QED) is 0.785. The lowest BCUT2D eigenvalue weighted by Crippen LogP contribution is -1.97. The van der Waals surface area contributed by atoms with Crippen LogP contribution in [0.5, 0.6) is 0 Å². The molecular formula is C6H7BrCl2N2. The van der Waals surface area contributed by atoms with E-state index in [1.807, 2.05) is 0 Å². The zero-order valence-corrected chi connectivity index (χ0v) is 8.71. The molecule has 1 aromatic rings. The van der Waals surface area contributed by atoms with Crippen LogP contribution in [0.4, 0.5) is 0 Å². The first-order valence-corrected chi connectivity index (χ1v) is 3.91. The lowest BCUT2D eigenvalue weighted by Gasteiger charge is -1.99. The maximum Gasteiger partial charge on any atom is 0.124 e. The van der Waals surface area contributed by atoms with Crippen LogP contribution in [0.3, 0.4) is 0 Å². The van der Waals surface area contributed by atoms with E-state index >= 15 is 0 Å². The highest BCUT2D eigenvalue weighted by Crippen LogP contribution is 2.22. The summed E-state index contributed by atoms with van der Waals surface area (Å²) in [5, 5.41) is 0.602. The first kappa shape index (κ1) is 11.2. The molecule has 0 radical (unpaired) electrons. The van der Waals surface area contributed by atoms with Crippen molar-refractivity contribution in [2.24, 2.45) is 5.73 Å². The normalized spacial score (nSPS) is 9.00. The molecule has 0 saturated heterocycles. The van der Waals surface area contributed by atoms with Crippen LogP contribution in [0, 0.1) is 0 Å². The molecule has 0 aliphatic heterocycles. The summed E-state index contributed by atoms with van der Waals surface area (Å²) >= 11 is 8.99. The van der Waals surface area contributed by atoms with Gasteiger partial charge in [-0.15, -0.1) is 12.4 Å². The Morgan fingerprint density at radius 1 is 1.64 bits per heavy atom. The molecule has 1 heterocycles. The summed E-state index contributed by atoms with van der Waals surface area (Å²) < 4.78 is 0.650. The van der Waals surface area contributed by atoms with E-state index in [1.54, 1.807) is 12.3 Å². The minimum absolute atomic E-state index is 0. The molecule has 2 N–H and O–H groups in total. The molecule has 0 spiro atoms. The lowest BCUT2D eigenvalue weighted by atomic mass is 10.3. The van der Waals surface area contributed by atoms with E-state index in [4.69, 9.17) is 17.3 Å². The van der Waals surface area contributed by atoms with Crippen molar-refractivity contribution in [2.75, 3.05) is 0 Å². The molecular weight excluding hydrogens is 251 g/mol. The molecule has 0 aliphatic carbocycles. The van der Waals surface area contributed by atoms with Crippen molar-refractivity contribution in [2.45, 2.75) is 6.54 Å². The Kier molecular flexibility index (Phi) is 5.01. The summed E-state index contributed by atoms with van der Waals surface area (Å²) in [6.07, 6.45) is 1.66. The van der Waals surface area contributed by atoms with Crippen LogP contribution in [0.15, 0.2) is 16.9 Å². The highest BCUT2D eigenvalue weighted by Gasteiger charge is 2.01. The van der Waals surface area contributed by atoms with Gasteiger partial charge in [-0.1, -0.05) is 11.6 Å². The van der Waals surface area contributed by atoms with E-state index in [9.17, 15) is 0 Å². The Morgan fingerprint density at radius 2 is 2.27 bits per heavy atom. The molecule has 1 rings (SSSR count). The first-order valence-electron chi connectivity index (χ1n) is 2.74. The molecule has 0 fully saturated rings. The molecule has 0 saturated carbocycles. The number of hydrogen-bond acceptors (Lipinski definition) is 2. The predicted octanol–water partition coefficient (Wildman–Crippen LogP) is 2.38. The number of nitrogens with two attached hydrogens (primary N) is 1. The molecule has 0 aliphatic rings. The van der Waals surface area contributed by atoms with Gasteiger partial charge in [0, 0.05) is 12.7 Å². The fraction of sp³-hybridized carbons (Fsp3) is 0.167. The minimum Gasteiger partial charge on any atom is -0.326 e. The maximum absolute atomic E-state index is 5.80. The monoisotopic (exact) mass is 256 g/mol. The second-order valence-electron chi connectivity index (χ2n) is 1.78. The average molecular weight is 258 g/mol. The smallest absolute Gasteiger partial charge is 0.124 e. The fourth-order valence-electron chi connectivity index (χ4n) is 0.613. The topological polar surface area (TPSA) is 38.9 Å². The summed E-state index contributed by atoms with van der Waals surface area (Å²) in [6.45, 7) is 0.444. The van der Waals surface area contributed by atoms with Gasteiger partial charge >= 0.3 is 0 Å². The van der Waals surface area contributed by atoms with Gasteiger partial charge < -0.3 is 5.73 Å². The van der Waals surface area contributed by atoms with Crippen molar-refractivity contribution in [1.82, 2.24) is 4.98 Å². The Morgan fingerprint density at radius 3 is 2.73 bits per heavy atom. The van der Waals surface area contributed by atoms with E-state index in [-0.39, 0.29) is 12.4 Å². The van der Waals surface area contributed by atoms with Crippen molar-refractivity contribution < 1.29 is 0 Å². The number of hydrogen-bond donors (Lipinski definition) is 1. The van der Waals surface area contributed by atoms with Crippen molar-refractivity contribution in [3.05, 3.63) is 27.5 Å². The highest BCUT2D eigenvalue weighted by atomic mass is 79.9. The van der Waals surface area contributed by atoms with Crippen LogP contribution in [-0.2, 0) is 6.54 Å². The standard InChI is InChI=1S/C6H6BrClN2.ClH/c7-6-5(8)4(3-9)1-2-10-6;/h1-2H,3,9H2;1H. The third-order valence-electron chi connectivity index (χ3n) is 1.15. The van der Waals surface area contributed by atoms with E-state index in [2.05, 4.69) is 20.9 Å². The van der Waals surface area contributed by atoms with Gasteiger partial charge in [-0.2, -0.15) is 0 Å². The Balaban J connectivity index is 0.000001000. The van der Waals surface area contributed by atoms with Crippen molar-refractivity contribution in [1.29, 1.82) is 0 Å². The Bertz CT molecular complexity index is 242. The zero-order chi connectivity index (χ0) is 7.56. The van der Waals surface area contributed by atoms with Gasteiger partial charge in [0.05, 0.1) is 5.02 Å². The number of pyridine rings is 1. The van der Waals surface area contributed by atoms with Crippen LogP contribution in [0.1, 0.15) is 5.56 Å². The van der Waals surface area contributed by atoms with E-state index in [1.165, 1.54) is 0 Å². The Labute approximate surface area is 84.7 Å². The SMILES string of the molecule is Cl.NCc1ccnc(Br)c1Cl. The predicted molar refractivity (Wildman–Crippen MR) is 52.1 cm³/mol. The van der Waals surface area contributed by atoms with Gasteiger partial charge in [-0.25, -0.2) is 4.98 Å². The lowest BCUT2D eigenvalue weighted by molar-refractivity contribution is 1.05. The van der Waals surface area contributed by atoms with Crippen LogP contribution >= 0.6 is 39.9 Å². The van der Waals surface area contributed by atoms with Gasteiger partial charge in [0.25, 0.3) is 0 Å². The number of rotatable bonds is 1. The molecule has 0 amide bonds. The van der Waals surface area contributed by atoms with E-state index < -0.39 is 0 Å². The number of nitrogens with zero attached hydrogens (tertiary/aromatic N) is 1. The van der Waals surface area contributed by atoms with Crippen LogP contribution in [-0.4, -0.2) is 4.98 Å². The average Bonchev–Trinajstić information content (AvgIpc) is 1.95. The summed E-state index contributed by atoms with van der Waals surface area (Å²) in [5.74, 6) is 0. The fourth-order valence-corrected chi connectivity index (χ4v) is 1.17. The third kappa shape index (κ3) is 2.60. The zero-order valence-electron chi connectivity index (χ0n) is 5.55. The van der Waals surface area contributed by atoms with Gasteiger partial charge in [-0.05, 0) is 27.6 Å².